The first-order chi connectivity index (χ1) is 13.0. The maximum atomic E-state index is 12.3. The number of nitrogens with zero attached hydrogens (tertiary/aromatic N) is 1. The van der Waals surface area contributed by atoms with Gasteiger partial charge in [0, 0.05) is 30.6 Å². The number of likely N-dealkylation sites (N-methyl/N-ethyl adjacent to an activating group) is 1. The van der Waals surface area contributed by atoms with Crippen LogP contribution in [0.5, 0.6) is 11.5 Å². The van der Waals surface area contributed by atoms with Gasteiger partial charge in [-0.1, -0.05) is 18.5 Å². The summed E-state index contributed by atoms with van der Waals surface area (Å²) in [6.45, 7) is 3.74. The van der Waals surface area contributed by atoms with Crippen LogP contribution in [-0.2, 0) is 4.79 Å². The van der Waals surface area contributed by atoms with Crippen LogP contribution in [0.2, 0.25) is 5.02 Å². The van der Waals surface area contributed by atoms with E-state index in [0.29, 0.717) is 42.0 Å². The summed E-state index contributed by atoms with van der Waals surface area (Å²) in [5, 5.41) is 14.9. The first-order valence-electron chi connectivity index (χ1n) is 9.08. The number of rotatable bonds is 6. The summed E-state index contributed by atoms with van der Waals surface area (Å²) >= 11 is 6.23. The molecular formula is C18H24ClN3O5. The smallest absolute Gasteiger partial charge is 0.319 e. The molecule has 1 heterocycles. The highest BCUT2D eigenvalue weighted by Gasteiger charge is 2.34. The van der Waals surface area contributed by atoms with Crippen LogP contribution in [0.1, 0.15) is 26.2 Å². The minimum absolute atomic E-state index is 0.0111. The zero-order valence-electron chi connectivity index (χ0n) is 15.2. The van der Waals surface area contributed by atoms with Gasteiger partial charge in [0.1, 0.15) is 0 Å². The van der Waals surface area contributed by atoms with Gasteiger partial charge >= 0.3 is 12.0 Å². The fourth-order valence-electron chi connectivity index (χ4n) is 3.30. The average molecular weight is 398 g/mol. The number of ether oxygens (including phenoxy) is 2. The van der Waals surface area contributed by atoms with Gasteiger partial charge in [0.25, 0.3) is 0 Å². The average Bonchev–Trinajstić information content (AvgIpc) is 2.81. The molecule has 0 radical (unpaired) electrons. The van der Waals surface area contributed by atoms with E-state index in [2.05, 4.69) is 10.6 Å². The molecule has 0 spiro atoms. The van der Waals surface area contributed by atoms with Crippen LogP contribution in [0, 0.1) is 0 Å². The first-order valence-corrected chi connectivity index (χ1v) is 9.46. The van der Waals surface area contributed by atoms with Crippen molar-refractivity contribution < 1.29 is 24.2 Å². The monoisotopic (exact) mass is 397 g/mol. The summed E-state index contributed by atoms with van der Waals surface area (Å²) in [6, 6.07) is 3.14. The number of hydrogen-bond donors (Lipinski definition) is 3. The van der Waals surface area contributed by atoms with Crippen molar-refractivity contribution in [1.82, 2.24) is 10.2 Å². The highest BCUT2D eigenvalue weighted by molar-refractivity contribution is 6.34. The Labute approximate surface area is 162 Å². The Kier molecular flexibility index (Phi) is 6.28. The van der Waals surface area contributed by atoms with Crippen molar-refractivity contribution in [3.63, 3.8) is 0 Å². The molecule has 3 N–H and O–H groups in total. The van der Waals surface area contributed by atoms with Gasteiger partial charge in [-0.15, -0.1) is 0 Å². The molecule has 3 rings (SSSR count). The van der Waals surface area contributed by atoms with E-state index in [4.69, 9.17) is 26.2 Å². The topological polar surface area (TPSA) is 100 Å². The minimum atomic E-state index is -0.838. The Morgan fingerprint density at radius 2 is 1.93 bits per heavy atom. The molecule has 148 valence electrons. The number of halogens is 1. The van der Waals surface area contributed by atoms with Gasteiger partial charge in [-0.3, -0.25) is 9.69 Å². The van der Waals surface area contributed by atoms with Crippen LogP contribution in [0.25, 0.3) is 0 Å². The van der Waals surface area contributed by atoms with Crippen LogP contribution >= 0.6 is 11.6 Å². The molecule has 0 unspecified atom stereocenters. The standard InChI is InChI=1S/C18H24ClN3O5/c1-2-22(10-17(23)24)12-6-11(7-12)20-18(25)21-14-9-16-15(8-13(14)19)26-4-3-5-27-16/h8-9,11-12H,2-7,10H2,1H3,(H,23,24)(H2,20,21,25). The van der Waals surface area contributed by atoms with Crippen molar-refractivity contribution in [2.24, 2.45) is 0 Å². The summed E-state index contributed by atoms with van der Waals surface area (Å²) in [6.07, 6.45) is 2.24. The number of anilines is 1. The summed E-state index contributed by atoms with van der Waals surface area (Å²) in [5.74, 6) is 0.293. The van der Waals surface area contributed by atoms with E-state index in [0.717, 1.165) is 19.3 Å². The third kappa shape index (κ3) is 4.95. The molecule has 1 fully saturated rings. The first kappa shape index (κ1) is 19.6. The normalized spacial score (nSPS) is 21.1. The molecule has 1 saturated carbocycles. The number of urea groups is 1. The van der Waals surface area contributed by atoms with Crippen molar-refractivity contribution in [3.8, 4) is 11.5 Å². The number of hydrogen-bond acceptors (Lipinski definition) is 5. The molecule has 1 aromatic carbocycles. The number of benzene rings is 1. The molecule has 0 aromatic heterocycles. The summed E-state index contributed by atoms with van der Waals surface area (Å²) in [5.41, 5.74) is 0.454. The van der Waals surface area contributed by atoms with Gasteiger partial charge < -0.3 is 25.2 Å². The molecule has 8 nitrogen and oxygen atoms in total. The third-order valence-corrected chi connectivity index (χ3v) is 5.11. The van der Waals surface area contributed by atoms with E-state index in [-0.39, 0.29) is 24.7 Å². The lowest BCUT2D eigenvalue weighted by Gasteiger charge is -2.42. The fourth-order valence-corrected chi connectivity index (χ4v) is 3.50. The van der Waals surface area contributed by atoms with Crippen molar-refractivity contribution in [2.45, 2.75) is 38.3 Å². The van der Waals surface area contributed by atoms with Gasteiger partial charge in [0.15, 0.2) is 11.5 Å². The van der Waals surface area contributed by atoms with Gasteiger partial charge in [-0.25, -0.2) is 4.79 Å². The molecule has 1 aromatic rings. The van der Waals surface area contributed by atoms with Crippen LogP contribution in [-0.4, -0.2) is 60.4 Å². The number of aliphatic carboxylic acids is 1. The van der Waals surface area contributed by atoms with E-state index < -0.39 is 5.97 Å². The van der Waals surface area contributed by atoms with Crippen LogP contribution in [0.15, 0.2) is 12.1 Å². The molecule has 1 aliphatic carbocycles. The van der Waals surface area contributed by atoms with Crippen molar-refractivity contribution in [1.29, 1.82) is 0 Å². The number of fused-ring (bicyclic) bond motifs is 1. The predicted octanol–water partition coefficient (Wildman–Crippen LogP) is 2.56. The highest BCUT2D eigenvalue weighted by Crippen LogP contribution is 2.37. The lowest BCUT2D eigenvalue weighted by atomic mass is 9.85. The predicted molar refractivity (Wildman–Crippen MR) is 101 cm³/mol. The van der Waals surface area contributed by atoms with Crippen molar-refractivity contribution >= 4 is 29.3 Å². The summed E-state index contributed by atoms with van der Waals surface area (Å²) in [7, 11) is 0. The molecule has 1 aliphatic heterocycles. The van der Waals surface area contributed by atoms with E-state index >= 15 is 0 Å². The molecule has 9 heteroatoms. The number of carbonyl (C=O) groups excluding carboxylic acids is 1. The molecule has 0 bridgehead atoms. The zero-order chi connectivity index (χ0) is 19.4. The largest absolute Gasteiger partial charge is 0.490 e. The molecule has 2 amide bonds. The number of carboxylic acid groups (broad SMARTS) is 1. The third-order valence-electron chi connectivity index (χ3n) is 4.79. The number of nitrogens with one attached hydrogen (secondary N) is 2. The Morgan fingerprint density at radius 1 is 1.26 bits per heavy atom. The number of carbonyl (C=O) groups is 2. The minimum Gasteiger partial charge on any atom is -0.490 e. The quantitative estimate of drug-likeness (QED) is 0.682. The van der Waals surface area contributed by atoms with Gasteiger partial charge in [-0.05, 0) is 19.4 Å². The Hall–Kier alpha value is -2.19. The second kappa shape index (κ2) is 8.67. The second-order valence-corrected chi connectivity index (χ2v) is 7.11. The molecule has 27 heavy (non-hydrogen) atoms. The van der Waals surface area contributed by atoms with Crippen molar-refractivity contribution in [3.05, 3.63) is 17.2 Å². The van der Waals surface area contributed by atoms with Crippen LogP contribution in [0.4, 0.5) is 10.5 Å². The Morgan fingerprint density at radius 3 is 2.56 bits per heavy atom. The van der Waals surface area contributed by atoms with E-state index in [9.17, 15) is 9.59 Å². The lowest BCUT2D eigenvalue weighted by molar-refractivity contribution is -0.139. The maximum Gasteiger partial charge on any atom is 0.319 e. The number of amides is 2. The Balaban J connectivity index is 1.52. The van der Waals surface area contributed by atoms with Crippen LogP contribution in [0.3, 0.4) is 0 Å². The van der Waals surface area contributed by atoms with Gasteiger partial charge in [-0.2, -0.15) is 0 Å². The summed E-state index contributed by atoms with van der Waals surface area (Å²) < 4.78 is 11.2. The molecular weight excluding hydrogens is 374 g/mol. The van der Waals surface area contributed by atoms with Gasteiger partial charge in [0.05, 0.1) is 30.5 Å². The molecule has 0 atom stereocenters. The second-order valence-electron chi connectivity index (χ2n) is 6.71. The lowest BCUT2D eigenvalue weighted by Crippen LogP contribution is -2.55. The molecule has 2 aliphatic rings. The number of carboxylic acids is 1. The van der Waals surface area contributed by atoms with Gasteiger partial charge in [0.2, 0.25) is 0 Å². The fraction of sp³-hybridized carbons (Fsp3) is 0.556. The molecule has 0 saturated heterocycles. The SMILES string of the molecule is CCN(CC(=O)O)C1CC(NC(=O)Nc2cc3c(cc2Cl)OCCCO3)C1. The van der Waals surface area contributed by atoms with E-state index in [1.165, 1.54) is 0 Å². The van der Waals surface area contributed by atoms with E-state index in [1.807, 2.05) is 11.8 Å². The zero-order valence-corrected chi connectivity index (χ0v) is 15.9. The maximum absolute atomic E-state index is 12.3. The summed E-state index contributed by atoms with van der Waals surface area (Å²) in [4.78, 5) is 25.0. The Bertz CT molecular complexity index is 708. The van der Waals surface area contributed by atoms with Crippen LogP contribution < -0.4 is 20.1 Å². The highest BCUT2D eigenvalue weighted by atomic mass is 35.5. The van der Waals surface area contributed by atoms with E-state index in [1.54, 1.807) is 12.1 Å². The van der Waals surface area contributed by atoms with Crippen molar-refractivity contribution in [2.75, 3.05) is 31.6 Å².